The zero-order valence-corrected chi connectivity index (χ0v) is 9.42. The minimum atomic E-state index is -2.38. The number of alkyl halides is 3. The molecule has 0 heterocycles. The van der Waals surface area contributed by atoms with Crippen molar-refractivity contribution in [2.45, 2.75) is 17.1 Å². The first-order chi connectivity index (χ1) is 7.22. The number of thioether (sulfide) groups is 1. The van der Waals surface area contributed by atoms with E-state index in [1.54, 1.807) is 24.3 Å². The van der Waals surface area contributed by atoms with Crippen molar-refractivity contribution in [2.75, 3.05) is 5.88 Å². The first kappa shape index (κ1) is 12.4. The summed E-state index contributed by atoms with van der Waals surface area (Å²) in [7, 11) is 0. The highest BCUT2D eigenvalue weighted by Gasteiger charge is 2.03. The van der Waals surface area contributed by atoms with Crippen LogP contribution in [0.15, 0.2) is 29.2 Å². The maximum Gasteiger partial charge on any atom is 0.288 e. The Kier molecular flexibility index (Phi) is 5.52. The third kappa shape index (κ3) is 5.06. The fourth-order valence-electron chi connectivity index (χ4n) is 0.932. The fraction of sp³-hybridized carbons (Fsp3) is 0.273. The molecule has 1 rings (SSSR count). The lowest BCUT2D eigenvalue weighted by Gasteiger charge is -1.98. The minimum absolute atomic E-state index is 0.506. The van der Waals surface area contributed by atoms with Gasteiger partial charge in [-0.05, 0) is 24.3 Å². The van der Waals surface area contributed by atoms with Gasteiger partial charge in [0.1, 0.15) is 0 Å². The van der Waals surface area contributed by atoms with Gasteiger partial charge in [0.05, 0.1) is 0 Å². The van der Waals surface area contributed by atoms with E-state index in [1.807, 2.05) is 0 Å². The Labute approximate surface area is 97.0 Å². The van der Waals surface area contributed by atoms with Crippen LogP contribution in [0.4, 0.5) is 8.78 Å². The van der Waals surface area contributed by atoms with Gasteiger partial charge in [-0.2, -0.15) is 8.78 Å². The Morgan fingerprint density at radius 2 is 1.93 bits per heavy atom. The van der Waals surface area contributed by atoms with Crippen LogP contribution >= 0.6 is 23.4 Å². The van der Waals surface area contributed by atoms with Crippen molar-refractivity contribution < 1.29 is 8.78 Å². The van der Waals surface area contributed by atoms with Gasteiger partial charge in [0, 0.05) is 22.8 Å². The van der Waals surface area contributed by atoms with Crippen LogP contribution in [-0.4, -0.2) is 11.6 Å². The van der Waals surface area contributed by atoms with E-state index in [0.717, 1.165) is 5.56 Å². The highest BCUT2D eigenvalue weighted by molar-refractivity contribution is 7.99. The molecule has 0 saturated heterocycles. The number of halogens is 3. The largest absolute Gasteiger partial charge is 0.288 e. The molecule has 0 bridgehead atoms. The van der Waals surface area contributed by atoms with Crippen molar-refractivity contribution >= 4 is 23.4 Å². The molecule has 0 aromatic heterocycles. The van der Waals surface area contributed by atoms with Crippen LogP contribution in [-0.2, 0) is 0 Å². The predicted molar refractivity (Wildman–Crippen MR) is 60.5 cm³/mol. The summed E-state index contributed by atoms with van der Waals surface area (Å²) < 4.78 is 24.0. The molecular weight excluding hydrogens is 238 g/mol. The SMILES string of the molecule is FC(F)Sc1ccc(C#CCCCl)cc1. The van der Waals surface area contributed by atoms with Crippen LogP contribution in [0, 0.1) is 11.8 Å². The molecule has 0 N–H and O–H groups in total. The molecular formula is C11H9ClF2S. The third-order valence-electron chi connectivity index (χ3n) is 1.53. The normalized spacial score (nSPS) is 9.87. The maximum atomic E-state index is 12.0. The Morgan fingerprint density at radius 1 is 1.27 bits per heavy atom. The average Bonchev–Trinajstić information content (AvgIpc) is 2.20. The highest BCUT2D eigenvalue weighted by Crippen LogP contribution is 2.24. The van der Waals surface area contributed by atoms with Crippen LogP contribution in [0.25, 0.3) is 0 Å². The topological polar surface area (TPSA) is 0 Å². The van der Waals surface area contributed by atoms with Crippen LogP contribution in [0.3, 0.4) is 0 Å². The lowest BCUT2D eigenvalue weighted by atomic mass is 10.2. The molecule has 1 aromatic rings. The number of hydrogen-bond donors (Lipinski definition) is 0. The Morgan fingerprint density at radius 3 is 2.47 bits per heavy atom. The molecule has 4 heteroatoms. The number of hydrogen-bond acceptors (Lipinski definition) is 1. The van der Waals surface area contributed by atoms with Gasteiger partial charge < -0.3 is 0 Å². The molecule has 15 heavy (non-hydrogen) atoms. The first-order valence-corrected chi connectivity index (χ1v) is 5.73. The molecule has 1 aromatic carbocycles. The van der Waals surface area contributed by atoms with E-state index in [-0.39, 0.29) is 0 Å². The van der Waals surface area contributed by atoms with Crippen molar-refractivity contribution in [3.63, 3.8) is 0 Å². The summed E-state index contributed by atoms with van der Waals surface area (Å²) in [6.45, 7) is 0. The zero-order chi connectivity index (χ0) is 11.1. The van der Waals surface area contributed by atoms with E-state index < -0.39 is 5.76 Å². The average molecular weight is 247 g/mol. The Bertz CT molecular complexity index is 351. The quantitative estimate of drug-likeness (QED) is 0.442. The molecule has 80 valence electrons. The summed E-state index contributed by atoms with van der Waals surface area (Å²) in [5.74, 6) is 3.90. The molecule has 0 unspecified atom stereocenters. The van der Waals surface area contributed by atoms with Gasteiger partial charge in [-0.25, -0.2) is 0 Å². The van der Waals surface area contributed by atoms with Crippen LogP contribution < -0.4 is 0 Å². The number of rotatable bonds is 3. The molecule has 0 atom stereocenters. The molecule has 0 aliphatic rings. The zero-order valence-electron chi connectivity index (χ0n) is 7.84. The van der Waals surface area contributed by atoms with Gasteiger partial charge in [-0.3, -0.25) is 0 Å². The first-order valence-electron chi connectivity index (χ1n) is 4.32. The molecule has 0 aliphatic heterocycles. The van der Waals surface area contributed by atoms with Crippen molar-refractivity contribution in [3.05, 3.63) is 29.8 Å². The van der Waals surface area contributed by atoms with Gasteiger partial charge in [-0.1, -0.05) is 23.6 Å². The van der Waals surface area contributed by atoms with Crippen molar-refractivity contribution in [3.8, 4) is 11.8 Å². The second-order valence-corrected chi connectivity index (χ2v) is 4.09. The molecule has 0 radical (unpaired) electrons. The predicted octanol–water partition coefficient (Wildman–Crippen LogP) is 3.98. The standard InChI is InChI=1S/C11H9ClF2S/c12-8-2-1-3-9-4-6-10(7-5-9)15-11(13)14/h4-7,11H,2,8H2. The van der Waals surface area contributed by atoms with E-state index >= 15 is 0 Å². The molecule has 0 saturated carbocycles. The summed E-state index contributed by atoms with van der Waals surface area (Å²) in [6.07, 6.45) is 0.634. The Balaban J connectivity index is 2.61. The Hall–Kier alpha value is -0.720. The van der Waals surface area contributed by atoms with E-state index in [9.17, 15) is 8.78 Å². The maximum absolute atomic E-state index is 12.0. The second kappa shape index (κ2) is 6.71. The molecule has 0 aliphatic carbocycles. The van der Waals surface area contributed by atoms with E-state index in [0.29, 0.717) is 29.0 Å². The summed E-state index contributed by atoms with van der Waals surface area (Å²) in [5, 5.41) is 0. The minimum Gasteiger partial charge on any atom is -0.198 e. The monoisotopic (exact) mass is 246 g/mol. The van der Waals surface area contributed by atoms with Crippen LogP contribution in [0.5, 0.6) is 0 Å². The smallest absolute Gasteiger partial charge is 0.198 e. The lowest BCUT2D eigenvalue weighted by Crippen LogP contribution is -1.81. The van der Waals surface area contributed by atoms with E-state index in [2.05, 4.69) is 11.8 Å². The van der Waals surface area contributed by atoms with E-state index in [1.165, 1.54) is 0 Å². The summed E-state index contributed by atoms with van der Waals surface area (Å²) in [4.78, 5) is 0.549. The summed E-state index contributed by atoms with van der Waals surface area (Å²) in [6, 6.07) is 6.74. The van der Waals surface area contributed by atoms with Gasteiger partial charge in [0.15, 0.2) is 0 Å². The van der Waals surface area contributed by atoms with Gasteiger partial charge in [0.2, 0.25) is 0 Å². The van der Waals surface area contributed by atoms with Crippen molar-refractivity contribution in [1.29, 1.82) is 0 Å². The highest BCUT2D eigenvalue weighted by atomic mass is 35.5. The van der Waals surface area contributed by atoms with Crippen molar-refractivity contribution in [1.82, 2.24) is 0 Å². The lowest BCUT2D eigenvalue weighted by molar-refractivity contribution is 0.252. The molecule has 0 spiro atoms. The van der Waals surface area contributed by atoms with E-state index in [4.69, 9.17) is 11.6 Å². The second-order valence-electron chi connectivity index (χ2n) is 2.64. The summed E-state index contributed by atoms with van der Waals surface area (Å²) >= 11 is 5.99. The third-order valence-corrected chi connectivity index (χ3v) is 2.44. The van der Waals surface area contributed by atoms with Gasteiger partial charge >= 0.3 is 0 Å². The van der Waals surface area contributed by atoms with Crippen LogP contribution in [0.1, 0.15) is 12.0 Å². The van der Waals surface area contributed by atoms with Crippen molar-refractivity contribution in [2.24, 2.45) is 0 Å². The number of benzene rings is 1. The van der Waals surface area contributed by atoms with Gasteiger partial charge in [-0.15, -0.1) is 11.6 Å². The van der Waals surface area contributed by atoms with Gasteiger partial charge in [0.25, 0.3) is 5.76 Å². The molecule has 0 nitrogen and oxygen atoms in total. The molecule has 0 amide bonds. The fourth-order valence-corrected chi connectivity index (χ4v) is 1.52. The summed E-state index contributed by atoms with van der Waals surface area (Å²) in [5.41, 5.74) is 0.818. The molecule has 0 fully saturated rings. The van der Waals surface area contributed by atoms with Crippen LogP contribution in [0.2, 0.25) is 0 Å².